The number of halogens is 2. The van der Waals surface area contributed by atoms with Crippen LogP contribution in [0.15, 0.2) is 18.2 Å². The maximum atomic E-state index is 13.0. The van der Waals surface area contributed by atoms with E-state index in [4.69, 9.17) is 0 Å². The minimum absolute atomic E-state index is 0.156. The van der Waals surface area contributed by atoms with Gasteiger partial charge in [-0.05, 0) is 43.5 Å². The number of benzene rings is 1. The molecule has 1 aliphatic carbocycles. The molecular formula is C14H17F2NO. The standard InChI is InChI=1S/C14H17F2NO/c1-2-17(8-10-3-4-10)9-14(18)11-5-6-12(15)13(16)7-11/h5-7,10H,2-4,8-9H2,1H3. The minimum atomic E-state index is -0.967. The second-order valence-electron chi connectivity index (χ2n) is 4.82. The van der Waals surface area contributed by atoms with E-state index in [9.17, 15) is 13.6 Å². The second kappa shape index (κ2) is 5.57. The fourth-order valence-corrected chi connectivity index (χ4v) is 1.93. The van der Waals surface area contributed by atoms with Crippen molar-refractivity contribution in [2.75, 3.05) is 19.6 Å². The Morgan fingerprint density at radius 3 is 2.61 bits per heavy atom. The highest BCUT2D eigenvalue weighted by Gasteiger charge is 2.24. The van der Waals surface area contributed by atoms with E-state index in [1.807, 2.05) is 6.92 Å². The second-order valence-corrected chi connectivity index (χ2v) is 4.82. The molecule has 0 saturated heterocycles. The lowest BCUT2D eigenvalue weighted by molar-refractivity contribution is 0.0930. The monoisotopic (exact) mass is 253 g/mol. The molecule has 4 heteroatoms. The molecule has 1 aromatic carbocycles. The van der Waals surface area contributed by atoms with Crippen molar-refractivity contribution in [3.05, 3.63) is 35.4 Å². The van der Waals surface area contributed by atoms with Crippen molar-refractivity contribution in [1.29, 1.82) is 0 Å². The van der Waals surface area contributed by atoms with Gasteiger partial charge in [-0.1, -0.05) is 6.92 Å². The first-order chi connectivity index (χ1) is 8.60. The number of ketones is 1. The Morgan fingerprint density at radius 2 is 2.06 bits per heavy atom. The van der Waals surface area contributed by atoms with E-state index in [1.54, 1.807) is 0 Å². The topological polar surface area (TPSA) is 20.3 Å². The molecule has 1 fully saturated rings. The molecule has 1 aromatic rings. The molecule has 0 heterocycles. The zero-order chi connectivity index (χ0) is 13.1. The Kier molecular flexibility index (Phi) is 4.07. The molecule has 2 rings (SSSR count). The number of nitrogens with zero attached hydrogens (tertiary/aromatic N) is 1. The molecule has 0 radical (unpaired) electrons. The third kappa shape index (κ3) is 3.35. The first kappa shape index (κ1) is 13.1. The molecule has 18 heavy (non-hydrogen) atoms. The summed E-state index contributed by atoms with van der Waals surface area (Å²) in [6.07, 6.45) is 2.46. The molecule has 2 nitrogen and oxygen atoms in total. The number of carbonyl (C=O) groups is 1. The Hall–Kier alpha value is -1.29. The third-order valence-corrected chi connectivity index (χ3v) is 3.27. The maximum absolute atomic E-state index is 13.0. The van der Waals surface area contributed by atoms with Crippen LogP contribution in [0.2, 0.25) is 0 Å². The Morgan fingerprint density at radius 1 is 1.33 bits per heavy atom. The molecule has 0 N–H and O–H groups in total. The van der Waals surface area contributed by atoms with Crippen LogP contribution in [-0.4, -0.2) is 30.3 Å². The van der Waals surface area contributed by atoms with Gasteiger partial charge in [0, 0.05) is 12.1 Å². The van der Waals surface area contributed by atoms with E-state index in [1.165, 1.54) is 18.9 Å². The molecule has 1 saturated carbocycles. The summed E-state index contributed by atoms with van der Waals surface area (Å²) < 4.78 is 25.8. The Bertz CT molecular complexity index is 443. The van der Waals surface area contributed by atoms with E-state index in [0.29, 0.717) is 5.92 Å². The summed E-state index contributed by atoms with van der Waals surface area (Å²) in [5, 5.41) is 0. The van der Waals surface area contributed by atoms with Gasteiger partial charge in [0.25, 0.3) is 0 Å². The van der Waals surface area contributed by atoms with E-state index >= 15 is 0 Å². The van der Waals surface area contributed by atoms with Crippen molar-refractivity contribution < 1.29 is 13.6 Å². The summed E-state index contributed by atoms with van der Waals surface area (Å²) in [6.45, 7) is 4.00. The lowest BCUT2D eigenvalue weighted by Gasteiger charge is -2.19. The summed E-state index contributed by atoms with van der Waals surface area (Å²) in [4.78, 5) is 14.0. The van der Waals surface area contributed by atoms with Crippen LogP contribution in [-0.2, 0) is 0 Å². The average molecular weight is 253 g/mol. The largest absolute Gasteiger partial charge is 0.296 e. The zero-order valence-electron chi connectivity index (χ0n) is 10.5. The van der Waals surface area contributed by atoms with Crippen molar-refractivity contribution >= 4 is 5.78 Å². The summed E-state index contributed by atoms with van der Waals surface area (Å²) in [5.41, 5.74) is 0.239. The highest BCUT2D eigenvalue weighted by Crippen LogP contribution is 2.29. The van der Waals surface area contributed by atoms with Crippen LogP contribution in [0.5, 0.6) is 0 Å². The zero-order valence-corrected chi connectivity index (χ0v) is 10.5. The van der Waals surface area contributed by atoms with Crippen molar-refractivity contribution in [3.63, 3.8) is 0 Å². The number of Topliss-reactive ketones (excluding diaryl/α,β-unsaturated/α-hetero) is 1. The van der Waals surface area contributed by atoms with E-state index in [0.717, 1.165) is 25.2 Å². The van der Waals surface area contributed by atoms with Crippen LogP contribution in [0.25, 0.3) is 0 Å². The highest BCUT2D eigenvalue weighted by molar-refractivity contribution is 5.97. The molecule has 98 valence electrons. The van der Waals surface area contributed by atoms with Gasteiger partial charge in [0.1, 0.15) is 0 Å². The maximum Gasteiger partial charge on any atom is 0.176 e. The van der Waals surface area contributed by atoms with Crippen LogP contribution in [0.1, 0.15) is 30.1 Å². The van der Waals surface area contributed by atoms with Crippen molar-refractivity contribution in [3.8, 4) is 0 Å². The van der Waals surface area contributed by atoms with Crippen molar-refractivity contribution in [1.82, 2.24) is 4.90 Å². The van der Waals surface area contributed by atoms with Crippen molar-refractivity contribution in [2.45, 2.75) is 19.8 Å². The molecule has 0 atom stereocenters. The highest BCUT2D eigenvalue weighted by atomic mass is 19.2. The smallest absolute Gasteiger partial charge is 0.176 e. The van der Waals surface area contributed by atoms with Gasteiger partial charge in [-0.2, -0.15) is 0 Å². The van der Waals surface area contributed by atoms with Crippen molar-refractivity contribution in [2.24, 2.45) is 5.92 Å². The SMILES string of the molecule is CCN(CC(=O)c1ccc(F)c(F)c1)CC1CC1. The van der Waals surface area contributed by atoms with Crippen LogP contribution >= 0.6 is 0 Å². The summed E-state index contributed by atoms with van der Waals surface area (Å²) >= 11 is 0. The van der Waals surface area contributed by atoms with Crippen LogP contribution in [0.3, 0.4) is 0 Å². The van der Waals surface area contributed by atoms with Gasteiger partial charge >= 0.3 is 0 Å². The number of hydrogen-bond acceptors (Lipinski definition) is 2. The number of rotatable bonds is 6. The Balaban J connectivity index is 1.98. The first-order valence-corrected chi connectivity index (χ1v) is 6.30. The predicted octanol–water partition coefficient (Wildman–Crippen LogP) is 2.88. The predicted molar refractivity (Wildman–Crippen MR) is 65.5 cm³/mol. The quantitative estimate of drug-likeness (QED) is 0.727. The molecule has 0 aliphatic heterocycles. The molecule has 0 bridgehead atoms. The van der Waals surface area contributed by atoms with Gasteiger partial charge in [-0.25, -0.2) is 8.78 Å². The van der Waals surface area contributed by atoms with E-state index < -0.39 is 11.6 Å². The van der Waals surface area contributed by atoms with Gasteiger partial charge in [0.05, 0.1) is 6.54 Å². The van der Waals surface area contributed by atoms with E-state index in [2.05, 4.69) is 4.90 Å². The van der Waals surface area contributed by atoms with Gasteiger partial charge in [-0.3, -0.25) is 9.69 Å². The summed E-state index contributed by atoms with van der Waals surface area (Å²) in [6, 6.07) is 3.31. The number of carbonyl (C=O) groups excluding carboxylic acids is 1. The average Bonchev–Trinajstić information content (AvgIpc) is 3.15. The molecule has 0 spiro atoms. The first-order valence-electron chi connectivity index (χ1n) is 6.30. The van der Waals surface area contributed by atoms with E-state index in [-0.39, 0.29) is 17.9 Å². The molecule has 1 aliphatic rings. The molecule has 0 amide bonds. The number of likely N-dealkylation sites (N-methyl/N-ethyl adjacent to an activating group) is 1. The molecular weight excluding hydrogens is 236 g/mol. The summed E-state index contributed by atoms with van der Waals surface area (Å²) in [7, 11) is 0. The van der Waals surface area contributed by atoms with Gasteiger partial charge in [-0.15, -0.1) is 0 Å². The van der Waals surface area contributed by atoms with Gasteiger partial charge in [0.15, 0.2) is 17.4 Å². The molecule has 0 unspecified atom stereocenters. The summed E-state index contributed by atoms with van der Waals surface area (Å²) in [5.74, 6) is -1.33. The van der Waals surface area contributed by atoms with Crippen LogP contribution in [0.4, 0.5) is 8.78 Å². The van der Waals surface area contributed by atoms with Crippen LogP contribution < -0.4 is 0 Å². The van der Waals surface area contributed by atoms with Gasteiger partial charge in [0.2, 0.25) is 0 Å². The Labute approximate surface area is 106 Å². The normalized spacial score (nSPS) is 15.1. The lowest BCUT2D eigenvalue weighted by atomic mass is 10.1. The molecule has 0 aromatic heterocycles. The van der Waals surface area contributed by atoms with Gasteiger partial charge < -0.3 is 0 Å². The minimum Gasteiger partial charge on any atom is -0.296 e. The number of hydrogen-bond donors (Lipinski definition) is 0. The lowest BCUT2D eigenvalue weighted by Crippen LogP contribution is -2.31. The fraction of sp³-hybridized carbons (Fsp3) is 0.500. The fourth-order valence-electron chi connectivity index (χ4n) is 1.93. The third-order valence-electron chi connectivity index (χ3n) is 3.27. The van der Waals surface area contributed by atoms with Crippen LogP contribution in [0, 0.1) is 17.6 Å².